The number of aryl methyl sites for hydroxylation is 1. The van der Waals surface area contributed by atoms with E-state index >= 15 is 0 Å². The summed E-state index contributed by atoms with van der Waals surface area (Å²) >= 11 is 3.29. The molecule has 6 heteroatoms. The zero-order chi connectivity index (χ0) is 13.0. The lowest BCUT2D eigenvalue weighted by molar-refractivity contribution is -0.385. The van der Waals surface area contributed by atoms with Crippen molar-refractivity contribution in [2.75, 3.05) is 7.11 Å². The predicted molar refractivity (Wildman–Crippen MR) is 66.2 cm³/mol. The number of nitro groups is 1. The van der Waals surface area contributed by atoms with Crippen molar-refractivity contribution in [2.45, 2.75) is 18.7 Å². The molecule has 1 rings (SSSR count). The van der Waals surface area contributed by atoms with Gasteiger partial charge < -0.3 is 4.74 Å². The summed E-state index contributed by atoms with van der Waals surface area (Å²) < 4.78 is 4.56. The number of hydrogen-bond donors (Lipinski definition) is 0. The molecule has 0 unspecified atom stereocenters. The van der Waals surface area contributed by atoms with Crippen LogP contribution < -0.4 is 0 Å². The fourth-order valence-corrected chi connectivity index (χ4v) is 2.03. The molecule has 0 saturated heterocycles. The second-order valence-electron chi connectivity index (χ2n) is 3.55. The lowest BCUT2D eigenvalue weighted by Gasteiger charge is -2.08. The lowest BCUT2D eigenvalue weighted by atomic mass is 10.0. The summed E-state index contributed by atoms with van der Waals surface area (Å²) in [6, 6.07) is 3.15. The van der Waals surface area contributed by atoms with Crippen molar-refractivity contribution < 1.29 is 14.5 Å². The molecule has 0 aliphatic rings. The Bertz CT molecular complexity index is 459. The van der Waals surface area contributed by atoms with Crippen molar-refractivity contribution in [3.63, 3.8) is 0 Å². The molecule has 1 aromatic rings. The Balaban J connectivity index is 3.21. The van der Waals surface area contributed by atoms with E-state index < -0.39 is 10.9 Å². The number of halogens is 1. The SMILES string of the molecule is COC(=O)Cc1cc([N+](=O)[O-])c(C)cc1CBr. The van der Waals surface area contributed by atoms with Crippen LogP contribution in [0.5, 0.6) is 0 Å². The van der Waals surface area contributed by atoms with Crippen LogP contribution in [-0.4, -0.2) is 18.0 Å². The van der Waals surface area contributed by atoms with Gasteiger partial charge in [-0.05, 0) is 24.1 Å². The van der Waals surface area contributed by atoms with Gasteiger partial charge in [-0.25, -0.2) is 0 Å². The van der Waals surface area contributed by atoms with E-state index in [0.717, 1.165) is 5.56 Å². The minimum absolute atomic E-state index is 0.0219. The van der Waals surface area contributed by atoms with Crippen LogP contribution in [0.15, 0.2) is 12.1 Å². The van der Waals surface area contributed by atoms with Gasteiger partial charge in [0, 0.05) is 17.0 Å². The molecule has 0 spiro atoms. The monoisotopic (exact) mass is 301 g/mol. The summed E-state index contributed by atoms with van der Waals surface area (Å²) in [4.78, 5) is 21.6. The topological polar surface area (TPSA) is 69.4 Å². The maximum atomic E-state index is 11.2. The molecule has 0 aliphatic carbocycles. The molecule has 17 heavy (non-hydrogen) atoms. The third-order valence-corrected chi connectivity index (χ3v) is 3.03. The zero-order valence-corrected chi connectivity index (χ0v) is 11.1. The highest BCUT2D eigenvalue weighted by molar-refractivity contribution is 9.08. The van der Waals surface area contributed by atoms with Gasteiger partial charge in [-0.2, -0.15) is 0 Å². The molecular weight excluding hydrogens is 290 g/mol. The smallest absolute Gasteiger partial charge is 0.309 e. The number of carbonyl (C=O) groups excluding carboxylic acids is 1. The molecule has 0 heterocycles. The average Bonchev–Trinajstić information content (AvgIpc) is 2.30. The molecule has 0 radical (unpaired) electrons. The predicted octanol–water partition coefficient (Wildman–Crippen LogP) is 2.51. The summed E-state index contributed by atoms with van der Waals surface area (Å²) in [6.07, 6.45) is 0.0402. The third kappa shape index (κ3) is 3.26. The van der Waals surface area contributed by atoms with Crippen LogP contribution >= 0.6 is 15.9 Å². The number of methoxy groups -OCH3 is 1. The highest BCUT2D eigenvalue weighted by atomic mass is 79.9. The maximum Gasteiger partial charge on any atom is 0.309 e. The summed E-state index contributed by atoms with van der Waals surface area (Å²) in [6.45, 7) is 1.67. The Morgan fingerprint density at radius 1 is 1.47 bits per heavy atom. The zero-order valence-electron chi connectivity index (χ0n) is 9.53. The second kappa shape index (κ2) is 5.77. The number of benzene rings is 1. The Labute approximate surface area is 107 Å². The van der Waals surface area contributed by atoms with Crippen LogP contribution in [0.3, 0.4) is 0 Å². The van der Waals surface area contributed by atoms with Gasteiger partial charge in [0.2, 0.25) is 0 Å². The van der Waals surface area contributed by atoms with Gasteiger partial charge in [-0.1, -0.05) is 15.9 Å². The first-order valence-corrected chi connectivity index (χ1v) is 6.01. The molecular formula is C11H12BrNO4. The van der Waals surface area contributed by atoms with Crippen molar-refractivity contribution in [3.05, 3.63) is 38.9 Å². The highest BCUT2D eigenvalue weighted by Gasteiger charge is 2.16. The number of ether oxygens (including phenoxy) is 1. The van der Waals surface area contributed by atoms with E-state index in [4.69, 9.17) is 0 Å². The number of nitro benzene ring substituents is 1. The molecule has 0 aliphatic heterocycles. The van der Waals surface area contributed by atoms with E-state index in [1.54, 1.807) is 13.0 Å². The standard InChI is InChI=1S/C11H12BrNO4/c1-7-3-9(6-12)8(5-11(14)17-2)4-10(7)13(15)16/h3-4H,5-6H2,1-2H3. The molecule has 0 fully saturated rings. The summed E-state index contributed by atoms with van der Waals surface area (Å²) in [5.41, 5.74) is 2.08. The van der Waals surface area contributed by atoms with Crippen molar-refractivity contribution >= 4 is 27.6 Å². The Morgan fingerprint density at radius 2 is 2.12 bits per heavy atom. The summed E-state index contributed by atoms with van der Waals surface area (Å²) in [7, 11) is 1.29. The fourth-order valence-electron chi connectivity index (χ4n) is 1.51. The first kappa shape index (κ1) is 13.6. The van der Waals surface area contributed by atoms with Crippen LogP contribution in [0, 0.1) is 17.0 Å². The van der Waals surface area contributed by atoms with Gasteiger partial charge in [-0.3, -0.25) is 14.9 Å². The van der Waals surface area contributed by atoms with Crippen LogP contribution in [0.25, 0.3) is 0 Å². The van der Waals surface area contributed by atoms with Crippen molar-refractivity contribution in [3.8, 4) is 0 Å². The third-order valence-electron chi connectivity index (χ3n) is 2.42. The van der Waals surface area contributed by atoms with Gasteiger partial charge >= 0.3 is 5.97 Å². The molecule has 0 amide bonds. The molecule has 1 aromatic carbocycles. The van der Waals surface area contributed by atoms with Crippen LogP contribution in [-0.2, 0) is 21.3 Å². The second-order valence-corrected chi connectivity index (χ2v) is 4.11. The number of alkyl halides is 1. The summed E-state index contributed by atoms with van der Waals surface area (Å²) in [5, 5.41) is 11.3. The first-order chi connectivity index (χ1) is 7.99. The van der Waals surface area contributed by atoms with E-state index in [1.807, 2.05) is 0 Å². The number of rotatable bonds is 4. The van der Waals surface area contributed by atoms with E-state index in [1.165, 1.54) is 13.2 Å². The van der Waals surface area contributed by atoms with Gasteiger partial charge in [0.05, 0.1) is 18.5 Å². The average molecular weight is 302 g/mol. The van der Waals surface area contributed by atoms with Crippen molar-refractivity contribution in [2.24, 2.45) is 0 Å². The number of esters is 1. The van der Waals surface area contributed by atoms with E-state index in [9.17, 15) is 14.9 Å². The normalized spacial score (nSPS) is 10.1. The quantitative estimate of drug-likeness (QED) is 0.371. The Morgan fingerprint density at radius 3 is 2.59 bits per heavy atom. The minimum Gasteiger partial charge on any atom is -0.469 e. The lowest BCUT2D eigenvalue weighted by Crippen LogP contribution is -2.07. The minimum atomic E-state index is -0.450. The number of hydrogen-bond acceptors (Lipinski definition) is 4. The molecule has 0 N–H and O–H groups in total. The number of carbonyl (C=O) groups is 1. The fraction of sp³-hybridized carbons (Fsp3) is 0.364. The van der Waals surface area contributed by atoms with E-state index in [0.29, 0.717) is 16.5 Å². The molecule has 92 valence electrons. The van der Waals surface area contributed by atoms with Crippen LogP contribution in [0.1, 0.15) is 16.7 Å². The summed E-state index contributed by atoms with van der Waals surface area (Å²) in [5.74, 6) is -0.412. The van der Waals surface area contributed by atoms with Gasteiger partial charge in [0.15, 0.2) is 0 Å². The number of nitrogens with zero attached hydrogens (tertiary/aromatic N) is 1. The van der Waals surface area contributed by atoms with Crippen LogP contribution in [0.4, 0.5) is 5.69 Å². The van der Waals surface area contributed by atoms with Crippen molar-refractivity contribution in [1.29, 1.82) is 0 Å². The Kier molecular flexibility index (Phi) is 4.62. The van der Waals surface area contributed by atoms with Crippen LogP contribution in [0.2, 0.25) is 0 Å². The molecule has 0 bridgehead atoms. The molecule has 5 nitrogen and oxygen atoms in total. The van der Waals surface area contributed by atoms with Crippen molar-refractivity contribution in [1.82, 2.24) is 0 Å². The Hall–Kier alpha value is -1.43. The largest absolute Gasteiger partial charge is 0.469 e. The molecule has 0 saturated carbocycles. The molecule has 0 atom stereocenters. The van der Waals surface area contributed by atoms with Gasteiger partial charge in [-0.15, -0.1) is 0 Å². The first-order valence-electron chi connectivity index (χ1n) is 4.89. The van der Waals surface area contributed by atoms with E-state index in [2.05, 4.69) is 20.7 Å². The molecule has 0 aromatic heterocycles. The van der Waals surface area contributed by atoms with Gasteiger partial charge in [0.1, 0.15) is 0 Å². The van der Waals surface area contributed by atoms with E-state index in [-0.39, 0.29) is 12.1 Å². The highest BCUT2D eigenvalue weighted by Crippen LogP contribution is 2.25. The van der Waals surface area contributed by atoms with Gasteiger partial charge in [0.25, 0.3) is 5.69 Å². The maximum absolute atomic E-state index is 11.2.